The van der Waals surface area contributed by atoms with Crippen molar-refractivity contribution >= 4 is 17.2 Å². The van der Waals surface area contributed by atoms with E-state index in [2.05, 4.69) is 5.10 Å². The van der Waals surface area contributed by atoms with Crippen LogP contribution in [0.3, 0.4) is 0 Å². The minimum Gasteiger partial charge on any atom is -0.397 e. The Hall–Kier alpha value is -2.30. The van der Waals surface area contributed by atoms with Gasteiger partial charge in [-0.3, -0.25) is 4.79 Å². The Kier molecular flexibility index (Phi) is 2.36. The summed E-state index contributed by atoms with van der Waals surface area (Å²) in [7, 11) is 0. The number of nitrogens with two attached hydrogens (primary N) is 2. The van der Waals surface area contributed by atoms with E-state index in [0.717, 1.165) is 0 Å². The number of hydrogen-bond donors (Lipinski definition) is 2. The number of Topliss-reactive ketones (excluding diaryl/α,β-unsaturated/α-hetero) is 1. The normalized spacial score (nSPS) is 10.3. The molecule has 0 aliphatic carbocycles. The molecule has 1 aromatic carbocycles. The van der Waals surface area contributed by atoms with Crippen molar-refractivity contribution in [2.75, 3.05) is 11.5 Å². The van der Waals surface area contributed by atoms with Crippen LogP contribution in [-0.4, -0.2) is 15.6 Å². The van der Waals surface area contributed by atoms with E-state index < -0.39 is 0 Å². The molecule has 1 heterocycles. The lowest BCUT2D eigenvalue weighted by molar-refractivity contribution is 0.101. The first-order chi connectivity index (χ1) is 7.59. The second kappa shape index (κ2) is 3.69. The number of hydrogen-bond acceptors (Lipinski definition) is 4. The Balaban J connectivity index is 2.68. The average molecular weight is 216 g/mol. The number of anilines is 2. The fourth-order valence-electron chi connectivity index (χ4n) is 1.50. The highest BCUT2D eigenvalue weighted by Gasteiger charge is 2.11. The lowest BCUT2D eigenvalue weighted by atomic mass is 10.1. The number of carbonyl (C=O) groups is 1. The van der Waals surface area contributed by atoms with Crippen LogP contribution >= 0.6 is 0 Å². The molecule has 4 N–H and O–H groups in total. The van der Waals surface area contributed by atoms with Crippen molar-refractivity contribution in [2.45, 2.75) is 6.92 Å². The molecule has 0 atom stereocenters. The summed E-state index contributed by atoms with van der Waals surface area (Å²) >= 11 is 0. The van der Waals surface area contributed by atoms with Gasteiger partial charge in [-0.05, 0) is 25.1 Å². The molecule has 0 aliphatic rings. The fourth-order valence-corrected chi connectivity index (χ4v) is 1.50. The number of nitrogens with zero attached hydrogens (tertiary/aromatic N) is 2. The smallest absolute Gasteiger partial charge is 0.162 e. The molecule has 5 nitrogen and oxygen atoms in total. The molecule has 0 radical (unpaired) electrons. The molecule has 2 aromatic rings. The monoisotopic (exact) mass is 216 g/mol. The Bertz CT molecular complexity index is 531. The topological polar surface area (TPSA) is 86.9 Å². The molecule has 82 valence electrons. The van der Waals surface area contributed by atoms with Gasteiger partial charge in [0.15, 0.2) is 5.78 Å². The summed E-state index contributed by atoms with van der Waals surface area (Å²) in [5.41, 5.74) is 13.4. The van der Waals surface area contributed by atoms with Crippen LogP contribution in [0.15, 0.2) is 30.6 Å². The largest absolute Gasteiger partial charge is 0.397 e. The van der Waals surface area contributed by atoms with Gasteiger partial charge in [-0.15, -0.1) is 0 Å². The molecule has 16 heavy (non-hydrogen) atoms. The van der Waals surface area contributed by atoms with Crippen LogP contribution in [-0.2, 0) is 0 Å². The van der Waals surface area contributed by atoms with E-state index in [1.165, 1.54) is 6.92 Å². The maximum absolute atomic E-state index is 11.5. The van der Waals surface area contributed by atoms with Crippen molar-refractivity contribution in [3.63, 3.8) is 0 Å². The highest BCUT2D eigenvalue weighted by atomic mass is 16.1. The summed E-state index contributed by atoms with van der Waals surface area (Å²) in [6.45, 7) is 1.48. The lowest BCUT2D eigenvalue weighted by Crippen LogP contribution is -2.07. The van der Waals surface area contributed by atoms with Crippen molar-refractivity contribution in [3.05, 3.63) is 36.2 Å². The van der Waals surface area contributed by atoms with Crippen molar-refractivity contribution < 1.29 is 4.79 Å². The molecule has 0 saturated carbocycles. The summed E-state index contributed by atoms with van der Waals surface area (Å²) in [5, 5.41) is 4.07. The number of ketones is 1. The SMILES string of the molecule is CC(=O)c1cc(N)c(N)cc1-n1cccn1. The van der Waals surface area contributed by atoms with Gasteiger partial charge in [-0.1, -0.05) is 0 Å². The van der Waals surface area contributed by atoms with E-state index in [0.29, 0.717) is 22.6 Å². The van der Waals surface area contributed by atoms with Gasteiger partial charge in [0.1, 0.15) is 0 Å². The molecule has 0 bridgehead atoms. The van der Waals surface area contributed by atoms with Crippen LogP contribution in [0.25, 0.3) is 5.69 Å². The first-order valence-corrected chi connectivity index (χ1v) is 4.79. The van der Waals surface area contributed by atoms with Crippen LogP contribution in [0, 0.1) is 0 Å². The van der Waals surface area contributed by atoms with Gasteiger partial charge in [0.05, 0.1) is 17.1 Å². The van der Waals surface area contributed by atoms with E-state index in [1.807, 2.05) is 0 Å². The third-order valence-electron chi connectivity index (χ3n) is 2.33. The van der Waals surface area contributed by atoms with Crippen molar-refractivity contribution in [1.29, 1.82) is 0 Å². The Labute approximate surface area is 92.7 Å². The molecular weight excluding hydrogens is 204 g/mol. The standard InChI is InChI=1S/C11H12N4O/c1-7(16)8-5-9(12)10(13)6-11(8)15-4-2-3-14-15/h2-6H,12-13H2,1H3. The summed E-state index contributed by atoms with van der Waals surface area (Å²) in [6.07, 6.45) is 3.38. The molecule has 0 spiro atoms. The summed E-state index contributed by atoms with van der Waals surface area (Å²) in [4.78, 5) is 11.5. The van der Waals surface area contributed by atoms with E-state index in [9.17, 15) is 4.79 Å². The van der Waals surface area contributed by atoms with Crippen molar-refractivity contribution in [3.8, 4) is 5.69 Å². The van der Waals surface area contributed by atoms with E-state index in [1.54, 1.807) is 35.3 Å². The molecule has 0 fully saturated rings. The van der Waals surface area contributed by atoms with Gasteiger partial charge in [0.2, 0.25) is 0 Å². The van der Waals surface area contributed by atoms with E-state index in [4.69, 9.17) is 11.5 Å². The van der Waals surface area contributed by atoms with Gasteiger partial charge in [-0.25, -0.2) is 4.68 Å². The van der Waals surface area contributed by atoms with Crippen LogP contribution in [0.2, 0.25) is 0 Å². The zero-order valence-corrected chi connectivity index (χ0v) is 8.84. The third kappa shape index (κ3) is 1.63. The Morgan fingerprint density at radius 3 is 2.56 bits per heavy atom. The van der Waals surface area contributed by atoms with E-state index >= 15 is 0 Å². The predicted molar refractivity (Wildman–Crippen MR) is 62.4 cm³/mol. The molecule has 5 heteroatoms. The molecule has 0 saturated heterocycles. The average Bonchev–Trinajstić information content (AvgIpc) is 2.74. The van der Waals surface area contributed by atoms with Gasteiger partial charge in [0.25, 0.3) is 0 Å². The summed E-state index contributed by atoms with van der Waals surface area (Å²) in [6, 6.07) is 5.00. The third-order valence-corrected chi connectivity index (χ3v) is 2.33. The van der Waals surface area contributed by atoms with Crippen LogP contribution < -0.4 is 11.5 Å². The van der Waals surface area contributed by atoms with Gasteiger partial charge in [-0.2, -0.15) is 5.10 Å². The number of benzene rings is 1. The lowest BCUT2D eigenvalue weighted by Gasteiger charge is -2.10. The molecule has 2 rings (SSSR count). The van der Waals surface area contributed by atoms with Crippen molar-refractivity contribution in [1.82, 2.24) is 9.78 Å². The maximum atomic E-state index is 11.5. The molecule has 0 aliphatic heterocycles. The minimum absolute atomic E-state index is 0.0720. The van der Waals surface area contributed by atoms with Gasteiger partial charge in [0, 0.05) is 18.0 Å². The fraction of sp³-hybridized carbons (Fsp3) is 0.0909. The number of nitrogen functional groups attached to an aromatic ring is 2. The highest BCUT2D eigenvalue weighted by Crippen LogP contribution is 2.24. The first-order valence-electron chi connectivity index (χ1n) is 4.79. The first kappa shape index (κ1) is 10.2. The molecule has 0 amide bonds. The molecule has 0 unspecified atom stereocenters. The highest BCUT2D eigenvalue weighted by molar-refractivity contribution is 5.99. The Morgan fingerprint density at radius 2 is 2.00 bits per heavy atom. The minimum atomic E-state index is -0.0720. The van der Waals surface area contributed by atoms with Crippen LogP contribution in [0.4, 0.5) is 11.4 Å². The summed E-state index contributed by atoms with van der Waals surface area (Å²) in [5.74, 6) is -0.0720. The second-order valence-corrected chi connectivity index (χ2v) is 3.51. The zero-order chi connectivity index (χ0) is 11.7. The maximum Gasteiger partial charge on any atom is 0.162 e. The zero-order valence-electron chi connectivity index (χ0n) is 8.84. The van der Waals surface area contributed by atoms with Crippen molar-refractivity contribution in [2.24, 2.45) is 0 Å². The Morgan fingerprint density at radius 1 is 1.31 bits per heavy atom. The van der Waals surface area contributed by atoms with Gasteiger partial charge < -0.3 is 11.5 Å². The van der Waals surface area contributed by atoms with Gasteiger partial charge >= 0.3 is 0 Å². The second-order valence-electron chi connectivity index (χ2n) is 3.51. The summed E-state index contributed by atoms with van der Waals surface area (Å²) < 4.78 is 1.59. The van der Waals surface area contributed by atoms with E-state index in [-0.39, 0.29) is 5.78 Å². The number of rotatable bonds is 2. The number of aromatic nitrogens is 2. The number of carbonyl (C=O) groups excluding carboxylic acids is 1. The quantitative estimate of drug-likeness (QED) is 0.584. The van der Waals surface area contributed by atoms with Crippen LogP contribution in [0.5, 0.6) is 0 Å². The predicted octanol–water partition coefficient (Wildman–Crippen LogP) is 1.24. The molecule has 1 aromatic heterocycles. The van der Waals surface area contributed by atoms with Crippen LogP contribution in [0.1, 0.15) is 17.3 Å². The molecular formula is C11H12N4O.